The average molecular weight is 403 g/mol. The van der Waals surface area contributed by atoms with E-state index < -0.39 is 5.41 Å². The van der Waals surface area contributed by atoms with E-state index in [1.165, 1.54) is 0 Å². The molecule has 0 bridgehead atoms. The van der Waals surface area contributed by atoms with Crippen LogP contribution in [0.3, 0.4) is 0 Å². The van der Waals surface area contributed by atoms with Crippen LogP contribution in [-0.4, -0.2) is 61.4 Å². The quantitative estimate of drug-likeness (QED) is 0.456. The summed E-state index contributed by atoms with van der Waals surface area (Å²) in [6, 6.07) is 5.52. The second-order valence-corrected chi connectivity index (χ2v) is 7.77. The molecule has 160 valence electrons. The molecule has 0 radical (unpaired) electrons. The summed E-state index contributed by atoms with van der Waals surface area (Å²) in [5.74, 6) is 1.23. The molecule has 1 aliphatic carbocycles. The van der Waals surface area contributed by atoms with E-state index in [1.54, 1.807) is 25.1 Å². The van der Waals surface area contributed by atoms with Crippen LogP contribution < -0.4 is 16.0 Å². The van der Waals surface area contributed by atoms with Crippen LogP contribution in [-0.2, 0) is 9.59 Å². The molecule has 0 aliphatic heterocycles. The van der Waals surface area contributed by atoms with Gasteiger partial charge in [0.25, 0.3) is 0 Å². The van der Waals surface area contributed by atoms with E-state index in [0.29, 0.717) is 37.8 Å². The van der Waals surface area contributed by atoms with Gasteiger partial charge in [-0.05, 0) is 38.8 Å². The maximum Gasteiger partial charge on any atom is 0.230 e. The fourth-order valence-electron chi connectivity index (χ4n) is 3.65. The molecule has 0 spiro atoms. The topological polar surface area (TPSA) is 98.7 Å². The molecule has 29 heavy (non-hydrogen) atoms. The van der Waals surface area contributed by atoms with Crippen LogP contribution in [0, 0.1) is 12.3 Å². The first kappa shape index (κ1) is 22.6. The summed E-state index contributed by atoms with van der Waals surface area (Å²) < 4.78 is 0. The monoisotopic (exact) mass is 402 g/mol. The van der Waals surface area contributed by atoms with Crippen molar-refractivity contribution in [1.82, 2.24) is 20.5 Å². The van der Waals surface area contributed by atoms with Crippen molar-refractivity contribution in [3.8, 4) is 0 Å². The minimum Gasteiger partial charge on any atom is -0.357 e. The maximum atomic E-state index is 12.7. The minimum atomic E-state index is -0.403. The molecule has 8 nitrogen and oxygen atoms in total. The third kappa shape index (κ3) is 6.73. The first-order valence-corrected chi connectivity index (χ1v) is 10.3. The molecule has 1 fully saturated rings. The molecule has 1 saturated carbocycles. The lowest BCUT2D eigenvalue weighted by Gasteiger charge is -2.29. The van der Waals surface area contributed by atoms with Gasteiger partial charge in [-0.3, -0.25) is 14.6 Å². The molecule has 8 heteroatoms. The molecule has 1 heterocycles. The zero-order valence-corrected chi connectivity index (χ0v) is 18.0. The number of nitrogens with zero attached hydrogens (tertiary/aromatic N) is 3. The maximum absolute atomic E-state index is 12.7. The summed E-state index contributed by atoms with van der Waals surface area (Å²) in [5.41, 5.74) is 0.454. The van der Waals surface area contributed by atoms with Crippen molar-refractivity contribution in [2.45, 2.75) is 46.0 Å². The van der Waals surface area contributed by atoms with E-state index in [-0.39, 0.29) is 11.8 Å². The Labute approximate surface area is 173 Å². The predicted molar refractivity (Wildman–Crippen MR) is 116 cm³/mol. The van der Waals surface area contributed by atoms with Gasteiger partial charge in [0.1, 0.15) is 5.82 Å². The second kappa shape index (κ2) is 10.8. The van der Waals surface area contributed by atoms with E-state index in [2.05, 4.69) is 25.9 Å². The van der Waals surface area contributed by atoms with Crippen LogP contribution in [0.15, 0.2) is 23.2 Å². The highest BCUT2D eigenvalue weighted by atomic mass is 16.2. The first-order chi connectivity index (χ1) is 13.9. The summed E-state index contributed by atoms with van der Waals surface area (Å²) in [6.07, 6.45) is 4.16. The number of amides is 2. The van der Waals surface area contributed by atoms with Gasteiger partial charge in [0.15, 0.2) is 5.96 Å². The number of hydrogen-bond donors (Lipinski definition) is 3. The Morgan fingerprint density at radius 1 is 1.21 bits per heavy atom. The van der Waals surface area contributed by atoms with Crippen molar-refractivity contribution in [3.05, 3.63) is 23.9 Å². The molecule has 2 amide bonds. The fraction of sp³-hybridized carbons (Fsp3) is 0.619. The number of aromatic nitrogens is 1. The number of rotatable bonds is 8. The third-order valence-corrected chi connectivity index (χ3v) is 5.10. The van der Waals surface area contributed by atoms with Gasteiger partial charge < -0.3 is 20.9 Å². The summed E-state index contributed by atoms with van der Waals surface area (Å²) in [6.45, 7) is 5.48. The van der Waals surface area contributed by atoms with Crippen LogP contribution in [0.25, 0.3) is 0 Å². The number of anilines is 1. The van der Waals surface area contributed by atoms with Crippen molar-refractivity contribution in [2.75, 3.05) is 39.0 Å². The number of nitrogens with one attached hydrogen (secondary N) is 3. The SMILES string of the molecule is CCNC(=NCC1(C(=O)N(C)C)CCCC1)NCCC(=O)Nc1cccc(C)n1. The van der Waals surface area contributed by atoms with E-state index in [4.69, 9.17) is 0 Å². The molecular formula is C21H34N6O2. The summed E-state index contributed by atoms with van der Waals surface area (Å²) in [5, 5.41) is 9.18. The molecule has 1 aromatic heterocycles. The largest absolute Gasteiger partial charge is 0.357 e. The Kier molecular flexibility index (Phi) is 8.42. The van der Waals surface area contributed by atoms with Crippen LogP contribution in [0.4, 0.5) is 5.82 Å². The molecule has 2 rings (SSSR count). The molecule has 0 atom stereocenters. The number of aliphatic imine (C=N–C) groups is 1. The smallest absolute Gasteiger partial charge is 0.230 e. The standard InChI is InChI=1S/C21H34N6O2/c1-5-22-20(24-15-21(12-6-7-13-21)19(29)27(3)4)23-14-11-18(28)26-17-10-8-9-16(2)25-17/h8-10H,5-7,11-15H2,1-4H3,(H2,22,23,24)(H,25,26,28). The zero-order chi connectivity index (χ0) is 21.3. The molecule has 0 unspecified atom stereocenters. The van der Waals surface area contributed by atoms with Crippen LogP contribution >= 0.6 is 0 Å². The van der Waals surface area contributed by atoms with Crippen LogP contribution in [0.1, 0.15) is 44.7 Å². The van der Waals surface area contributed by atoms with Gasteiger partial charge in [0.05, 0.1) is 12.0 Å². The van der Waals surface area contributed by atoms with Gasteiger partial charge >= 0.3 is 0 Å². The number of carbonyl (C=O) groups excluding carboxylic acids is 2. The predicted octanol–water partition coefficient (Wildman–Crippen LogP) is 1.92. The highest BCUT2D eigenvalue weighted by molar-refractivity contribution is 5.90. The minimum absolute atomic E-state index is 0.110. The van der Waals surface area contributed by atoms with E-state index in [1.807, 2.05) is 26.0 Å². The fourth-order valence-corrected chi connectivity index (χ4v) is 3.65. The van der Waals surface area contributed by atoms with Gasteiger partial charge in [-0.1, -0.05) is 18.9 Å². The highest BCUT2D eigenvalue weighted by Crippen LogP contribution is 2.39. The number of pyridine rings is 1. The van der Waals surface area contributed by atoms with E-state index in [0.717, 1.165) is 31.4 Å². The van der Waals surface area contributed by atoms with Gasteiger partial charge in [-0.2, -0.15) is 0 Å². The second-order valence-electron chi connectivity index (χ2n) is 7.77. The number of hydrogen-bond acceptors (Lipinski definition) is 4. The van der Waals surface area contributed by atoms with Crippen molar-refractivity contribution in [2.24, 2.45) is 10.4 Å². The summed E-state index contributed by atoms with van der Waals surface area (Å²) >= 11 is 0. The number of carbonyl (C=O) groups is 2. The number of aryl methyl sites for hydroxylation is 1. The summed E-state index contributed by atoms with van der Waals surface area (Å²) in [4.78, 5) is 35.5. The van der Waals surface area contributed by atoms with Crippen molar-refractivity contribution in [3.63, 3.8) is 0 Å². The summed E-state index contributed by atoms with van der Waals surface area (Å²) in [7, 11) is 3.61. The Morgan fingerprint density at radius 2 is 1.93 bits per heavy atom. The molecule has 0 aromatic carbocycles. The van der Waals surface area contributed by atoms with Crippen LogP contribution in [0.5, 0.6) is 0 Å². The van der Waals surface area contributed by atoms with E-state index in [9.17, 15) is 9.59 Å². The van der Waals surface area contributed by atoms with Gasteiger partial charge in [0, 0.05) is 39.3 Å². The third-order valence-electron chi connectivity index (χ3n) is 5.10. The van der Waals surface area contributed by atoms with Crippen LogP contribution in [0.2, 0.25) is 0 Å². The molecule has 0 saturated heterocycles. The van der Waals surface area contributed by atoms with Gasteiger partial charge in [0.2, 0.25) is 11.8 Å². The van der Waals surface area contributed by atoms with Crippen molar-refractivity contribution in [1.29, 1.82) is 0 Å². The van der Waals surface area contributed by atoms with Gasteiger partial charge in [-0.25, -0.2) is 4.98 Å². The normalized spacial score (nSPS) is 15.7. The van der Waals surface area contributed by atoms with Crippen molar-refractivity contribution < 1.29 is 9.59 Å². The lowest BCUT2D eigenvalue weighted by atomic mass is 9.85. The molecule has 1 aromatic rings. The molecule has 3 N–H and O–H groups in total. The highest BCUT2D eigenvalue weighted by Gasteiger charge is 2.42. The average Bonchev–Trinajstić information content (AvgIpc) is 3.15. The molecular weight excluding hydrogens is 368 g/mol. The lowest BCUT2D eigenvalue weighted by Crippen LogP contribution is -2.43. The Bertz CT molecular complexity index is 726. The van der Waals surface area contributed by atoms with Crippen molar-refractivity contribution >= 4 is 23.6 Å². The Morgan fingerprint density at radius 3 is 2.55 bits per heavy atom. The van der Waals surface area contributed by atoms with E-state index >= 15 is 0 Å². The first-order valence-electron chi connectivity index (χ1n) is 10.3. The lowest BCUT2D eigenvalue weighted by molar-refractivity contribution is -0.138. The van der Waals surface area contributed by atoms with Gasteiger partial charge in [-0.15, -0.1) is 0 Å². The molecule has 1 aliphatic rings. The zero-order valence-electron chi connectivity index (χ0n) is 18.0. The Balaban J connectivity index is 1.90. The Hall–Kier alpha value is -2.64. The number of guanidine groups is 1.